The number of methoxy groups -OCH3 is 1. The number of carbonyl (C=O) groups is 2. The maximum atomic E-state index is 13.7. The Kier molecular flexibility index (Phi) is 8.60. The first kappa shape index (κ1) is 28.2. The average Bonchev–Trinajstić information content (AvgIpc) is 3.39. The van der Waals surface area contributed by atoms with Crippen LogP contribution in [0.5, 0.6) is 11.5 Å². The number of amides is 1. The van der Waals surface area contributed by atoms with Gasteiger partial charge in [-0.1, -0.05) is 51.5 Å². The van der Waals surface area contributed by atoms with Gasteiger partial charge >= 0.3 is 5.97 Å². The van der Waals surface area contributed by atoms with Crippen molar-refractivity contribution in [2.45, 2.75) is 56.8 Å². The van der Waals surface area contributed by atoms with Crippen LogP contribution in [0.2, 0.25) is 0 Å². The van der Waals surface area contributed by atoms with Crippen molar-refractivity contribution in [1.82, 2.24) is 4.72 Å². The highest BCUT2D eigenvalue weighted by Gasteiger charge is 2.29. The predicted octanol–water partition coefficient (Wildman–Crippen LogP) is 5.11. The van der Waals surface area contributed by atoms with E-state index in [-0.39, 0.29) is 24.0 Å². The lowest BCUT2D eigenvalue weighted by Crippen LogP contribution is -2.35. The summed E-state index contributed by atoms with van der Waals surface area (Å²) in [5, 5.41) is 0. The summed E-state index contributed by atoms with van der Waals surface area (Å²) in [6.07, 6.45) is 1.71. The molecule has 206 valence electrons. The molecule has 0 fully saturated rings. The molecule has 39 heavy (non-hydrogen) atoms. The summed E-state index contributed by atoms with van der Waals surface area (Å²) in [7, 11) is -2.79. The fraction of sp³-hybridized carbons (Fsp3) is 0.333. The number of rotatable bonds is 10. The van der Waals surface area contributed by atoms with Crippen LogP contribution in [0.25, 0.3) is 0 Å². The minimum absolute atomic E-state index is 0.0128. The SMILES string of the molecule is CCCc1cc(C(=O)OC)ccc1CC(C(=O)NS(=O)(=O)c1ccc(C(C)C)cc1)c1ccc2c(c1)OCO2. The topological polar surface area (TPSA) is 108 Å². The van der Waals surface area contributed by atoms with Crippen LogP contribution in [0.1, 0.15) is 71.6 Å². The molecular formula is C30H33NO7S. The van der Waals surface area contributed by atoms with Crippen molar-refractivity contribution in [2.75, 3.05) is 13.9 Å². The van der Waals surface area contributed by atoms with Gasteiger partial charge < -0.3 is 14.2 Å². The highest BCUT2D eigenvalue weighted by molar-refractivity contribution is 7.90. The maximum Gasteiger partial charge on any atom is 0.337 e. The minimum atomic E-state index is -4.12. The molecule has 0 bridgehead atoms. The number of carbonyl (C=O) groups excluding carboxylic acids is 2. The van der Waals surface area contributed by atoms with Crippen LogP contribution in [-0.2, 0) is 32.4 Å². The standard InChI is InChI=1S/C30H33NO7S/c1-5-6-21-15-24(30(33)36-4)8-7-22(21)16-26(23-11-14-27-28(17-23)38-18-37-27)29(32)31-39(34,35)25-12-9-20(10-13-25)19(2)3/h7-15,17,19,26H,5-6,16,18H2,1-4H3,(H,31,32). The normalized spacial score (nSPS) is 13.3. The Labute approximate surface area is 229 Å². The van der Waals surface area contributed by atoms with Crippen LogP contribution in [0.3, 0.4) is 0 Å². The highest BCUT2D eigenvalue weighted by atomic mass is 32.2. The van der Waals surface area contributed by atoms with Crippen molar-refractivity contribution in [3.8, 4) is 11.5 Å². The Bertz CT molecular complexity index is 1460. The van der Waals surface area contributed by atoms with Crippen LogP contribution < -0.4 is 14.2 Å². The number of sulfonamides is 1. The van der Waals surface area contributed by atoms with Gasteiger partial charge in [0.15, 0.2) is 11.5 Å². The molecule has 0 spiro atoms. The maximum absolute atomic E-state index is 13.7. The van der Waals surface area contributed by atoms with Gasteiger partial charge in [-0.05, 0) is 77.4 Å². The first-order chi connectivity index (χ1) is 18.6. The molecule has 0 aliphatic carbocycles. The number of benzene rings is 3. The second kappa shape index (κ2) is 11.9. The molecule has 0 saturated carbocycles. The minimum Gasteiger partial charge on any atom is -0.465 e. The summed E-state index contributed by atoms with van der Waals surface area (Å²) >= 11 is 0. The predicted molar refractivity (Wildman–Crippen MR) is 147 cm³/mol. The van der Waals surface area contributed by atoms with Gasteiger partial charge in [-0.15, -0.1) is 0 Å². The van der Waals surface area contributed by atoms with Gasteiger partial charge in [-0.2, -0.15) is 0 Å². The molecule has 3 aromatic rings. The van der Waals surface area contributed by atoms with Gasteiger partial charge in [0.05, 0.1) is 23.5 Å². The van der Waals surface area contributed by atoms with E-state index in [9.17, 15) is 18.0 Å². The molecule has 3 aromatic carbocycles. The average molecular weight is 552 g/mol. The monoisotopic (exact) mass is 551 g/mol. The number of aryl methyl sites for hydroxylation is 1. The number of esters is 1. The molecule has 1 aliphatic heterocycles. The molecule has 1 unspecified atom stereocenters. The van der Waals surface area contributed by atoms with E-state index in [1.807, 2.05) is 20.8 Å². The summed E-state index contributed by atoms with van der Waals surface area (Å²) in [5.74, 6) is -0.671. The zero-order chi connectivity index (χ0) is 28.2. The van der Waals surface area contributed by atoms with Gasteiger partial charge in [0.2, 0.25) is 12.7 Å². The van der Waals surface area contributed by atoms with Crippen molar-refractivity contribution < 1.29 is 32.2 Å². The van der Waals surface area contributed by atoms with Crippen molar-refractivity contribution in [3.63, 3.8) is 0 Å². The Balaban J connectivity index is 1.69. The van der Waals surface area contributed by atoms with Crippen molar-refractivity contribution in [1.29, 1.82) is 0 Å². The third kappa shape index (κ3) is 6.42. The number of hydrogen-bond acceptors (Lipinski definition) is 7. The molecule has 8 nitrogen and oxygen atoms in total. The zero-order valence-corrected chi connectivity index (χ0v) is 23.3. The number of hydrogen-bond donors (Lipinski definition) is 1. The first-order valence-corrected chi connectivity index (χ1v) is 14.4. The van der Waals surface area contributed by atoms with Gasteiger partial charge in [-0.25, -0.2) is 17.9 Å². The van der Waals surface area contributed by atoms with E-state index in [2.05, 4.69) is 4.72 Å². The molecule has 1 aliphatic rings. The summed E-state index contributed by atoms with van der Waals surface area (Å²) in [4.78, 5) is 25.8. The highest BCUT2D eigenvalue weighted by Crippen LogP contribution is 2.36. The molecule has 9 heteroatoms. The summed E-state index contributed by atoms with van der Waals surface area (Å²) in [5.41, 5.74) is 3.73. The van der Waals surface area contributed by atoms with Gasteiger partial charge in [-0.3, -0.25) is 4.79 Å². The van der Waals surface area contributed by atoms with Crippen molar-refractivity contribution in [2.24, 2.45) is 0 Å². The number of ether oxygens (including phenoxy) is 3. The molecule has 1 N–H and O–H groups in total. The van der Waals surface area contributed by atoms with E-state index in [0.717, 1.165) is 23.1 Å². The van der Waals surface area contributed by atoms with Crippen LogP contribution >= 0.6 is 0 Å². The largest absolute Gasteiger partial charge is 0.465 e. The van der Waals surface area contributed by atoms with E-state index in [0.29, 0.717) is 29.0 Å². The van der Waals surface area contributed by atoms with E-state index >= 15 is 0 Å². The van der Waals surface area contributed by atoms with Gasteiger partial charge in [0, 0.05) is 0 Å². The number of fused-ring (bicyclic) bond motifs is 1. The van der Waals surface area contributed by atoms with E-state index in [1.165, 1.54) is 19.2 Å². The second-order valence-corrected chi connectivity index (χ2v) is 11.5. The fourth-order valence-electron chi connectivity index (χ4n) is 4.58. The van der Waals surface area contributed by atoms with Crippen molar-refractivity contribution >= 4 is 21.9 Å². The second-order valence-electron chi connectivity index (χ2n) is 9.79. The molecule has 4 rings (SSSR count). The first-order valence-electron chi connectivity index (χ1n) is 12.9. The zero-order valence-electron chi connectivity index (χ0n) is 22.5. The lowest BCUT2D eigenvalue weighted by Gasteiger charge is -2.20. The molecular weight excluding hydrogens is 518 g/mol. The molecule has 0 aromatic heterocycles. The van der Waals surface area contributed by atoms with Gasteiger partial charge in [0.25, 0.3) is 10.0 Å². The van der Waals surface area contributed by atoms with Crippen LogP contribution in [0.4, 0.5) is 0 Å². The molecule has 1 amide bonds. The Morgan fingerprint density at radius 3 is 2.28 bits per heavy atom. The lowest BCUT2D eigenvalue weighted by atomic mass is 9.87. The fourth-order valence-corrected chi connectivity index (χ4v) is 5.60. The molecule has 1 heterocycles. The number of nitrogens with one attached hydrogen (secondary N) is 1. The molecule has 0 saturated heterocycles. The van der Waals surface area contributed by atoms with Crippen molar-refractivity contribution in [3.05, 3.63) is 88.5 Å². The van der Waals surface area contributed by atoms with Crippen LogP contribution in [0.15, 0.2) is 65.6 Å². The Morgan fingerprint density at radius 2 is 1.62 bits per heavy atom. The van der Waals surface area contributed by atoms with E-state index in [1.54, 1.807) is 48.5 Å². The lowest BCUT2D eigenvalue weighted by molar-refractivity contribution is -0.120. The summed E-state index contributed by atoms with van der Waals surface area (Å²) in [6.45, 7) is 6.14. The smallest absolute Gasteiger partial charge is 0.337 e. The quantitative estimate of drug-likeness (QED) is 0.349. The third-order valence-corrected chi connectivity index (χ3v) is 8.14. The van der Waals surface area contributed by atoms with Crippen LogP contribution in [-0.4, -0.2) is 34.2 Å². The van der Waals surface area contributed by atoms with Crippen LogP contribution in [0, 0.1) is 0 Å². The molecule has 1 atom stereocenters. The van der Waals surface area contributed by atoms with E-state index < -0.39 is 27.8 Å². The van der Waals surface area contributed by atoms with Gasteiger partial charge in [0.1, 0.15) is 0 Å². The summed E-state index contributed by atoms with van der Waals surface area (Å²) < 4.78 is 44.5. The Hall–Kier alpha value is -3.85. The summed E-state index contributed by atoms with van der Waals surface area (Å²) in [6, 6.07) is 16.9. The molecule has 0 radical (unpaired) electrons. The third-order valence-electron chi connectivity index (χ3n) is 6.78. The van der Waals surface area contributed by atoms with E-state index in [4.69, 9.17) is 14.2 Å². The Morgan fingerprint density at radius 1 is 0.923 bits per heavy atom.